The maximum Gasteiger partial charge on any atom is 0.179 e. The van der Waals surface area contributed by atoms with Gasteiger partial charge in [-0.25, -0.2) is 0 Å². The van der Waals surface area contributed by atoms with Gasteiger partial charge in [-0.1, -0.05) is 328 Å². The van der Waals surface area contributed by atoms with Gasteiger partial charge in [0.15, 0.2) is 16.1 Å². The molecule has 4 heteroatoms. The Balaban J connectivity index is 0.970. The molecular weight excluding hydrogens is 1090 g/mol. The fourth-order valence-corrected chi connectivity index (χ4v) is 24.1. The van der Waals surface area contributed by atoms with E-state index in [-0.39, 0.29) is 0 Å². The van der Waals surface area contributed by atoms with E-state index in [9.17, 15) is 0 Å². The molecule has 0 amide bonds. The summed E-state index contributed by atoms with van der Waals surface area (Å²) in [6.07, 6.45) is 0. The Bertz CT molecular complexity index is 4950. The molecule has 14 aromatic carbocycles. The molecule has 0 bridgehead atoms. The third kappa shape index (κ3) is 8.59. The van der Waals surface area contributed by atoms with E-state index in [1.54, 1.807) is 0 Å². The number of nitrogens with zero attached hydrogens (tertiary/aromatic N) is 2. The number of benzene rings is 14. The lowest BCUT2D eigenvalue weighted by atomic mass is 9.95. The van der Waals surface area contributed by atoms with Gasteiger partial charge in [0.05, 0.1) is 27.8 Å². The van der Waals surface area contributed by atoms with Crippen LogP contribution in [-0.2, 0) is 0 Å². The number of para-hydroxylation sites is 2. The van der Waals surface area contributed by atoms with Crippen LogP contribution >= 0.6 is 0 Å². The van der Waals surface area contributed by atoms with Gasteiger partial charge in [-0.3, -0.25) is 0 Å². The summed E-state index contributed by atoms with van der Waals surface area (Å²) in [6, 6.07) is 137. The number of aromatic nitrogens is 2. The monoisotopic (exact) mass is 1150 g/mol. The fraction of sp³-hybridized carbons (Fsp3) is 0. The molecule has 2 heterocycles. The standard InChI is InChI=1S/C84H60N2Si2/c1-9-29-61(30-10-1)62-49-52-71(53-50-62)88(69-41-21-7-22-42-69,70-43-23-8-24-44-70)73-58-77(63-31-11-2-12-32-63)84(78(59-73)64-33-13-3-14-34-64)86-81-48-28-26-46-75(81)79-57-65(51-56-82(79)86)85-80-47-27-25-45-74(80)76-55-54-72(60-83(76)85)87(66-35-15-4-16-36-66,67-37-17-5-18-38-67)68-39-19-6-20-40-68/h1-60H. The first-order valence-corrected chi connectivity index (χ1v) is 34.5. The van der Waals surface area contributed by atoms with Crippen LogP contribution in [0.2, 0.25) is 0 Å². The Morgan fingerprint density at radius 3 is 0.977 bits per heavy atom. The lowest BCUT2D eigenvalue weighted by Gasteiger charge is -2.36. The van der Waals surface area contributed by atoms with Crippen LogP contribution < -0.4 is 41.5 Å². The van der Waals surface area contributed by atoms with Crippen molar-refractivity contribution in [2.45, 2.75) is 0 Å². The molecule has 0 fully saturated rings. The molecule has 0 spiro atoms. The van der Waals surface area contributed by atoms with Gasteiger partial charge in [-0.15, -0.1) is 0 Å². The van der Waals surface area contributed by atoms with Crippen LogP contribution in [0.25, 0.3) is 88.4 Å². The minimum absolute atomic E-state index is 1.12. The first kappa shape index (κ1) is 52.7. The zero-order valence-electron chi connectivity index (χ0n) is 48.5. The zero-order chi connectivity index (χ0) is 58.4. The van der Waals surface area contributed by atoms with E-state index >= 15 is 0 Å². The summed E-state index contributed by atoms with van der Waals surface area (Å²) in [5.41, 5.74) is 14.0. The summed E-state index contributed by atoms with van der Waals surface area (Å²) < 4.78 is 5.11. The van der Waals surface area contributed by atoms with Crippen LogP contribution in [0.3, 0.4) is 0 Å². The Morgan fingerprint density at radius 1 is 0.182 bits per heavy atom. The molecule has 16 aromatic rings. The number of fused-ring (bicyclic) bond motifs is 6. The molecular formula is C84H60N2Si2. The third-order valence-corrected chi connectivity index (χ3v) is 27.9. The topological polar surface area (TPSA) is 9.86 Å². The molecule has 0 aliphatic heterocycles. The second-order valence-corrected chi connectivity index (χ2v) is 30.7. The Hall–Kier alpha value is -10.9. The summed E-state index contributed by atoms with van der Waals surface area (Å²) in [4.78, 5) is 0. The van der Waals surface area contributed by atoms with Crippen LogP contribution in [0.15, 0.2) is 364 Å². The Kier molecular flexibility index (Phi) is 13.3. The predicted octanol–water partition coefficient (Wildman–Crippen LogP) is 15.6. The van der Waals surface area contributed by atoms with E-state index in [4.69, 9.17) is 0 Å². The van der Waals surface area contributed by atoms with Crippen molar-refractivity contribution < 1.29 is 0 Å². The second-order valence-electron chi connectivity index (χ2n) is 23.1. The smallest absolute Gasteiger partial charge is 0.179 e. The summed E-state index contributed by atoms with van der Waals surface area (Å²) >= 11 is 0. The largest absolute Gasteiger partial charge is 0.309 e. The molecule has 0 N–H and O–H groups in total. The molecule has 0 radical (unpaired) electrons. The Labute approximate surface area is 515 Å². The average Bonchev–Trinajstić information content (AvgIpc) is 1.38. The van der Waals surface area contributed by atoms with Crippen molar-refractivity contribution in [1.29, 1.82) is 0 Å². The maximum atomic E-state index is 2.58. The highest BCUT2D eigenvalue weighted by molar-refractivity contribution is 7.20. The van der Waals surface area contributed by atoms with Gasteiger partial charge in [0, 0.05) is 38.4 Å². The van der Waals surface area contributed by atoms with Crippen molar-refractivity contribution in [3.8, 4) is 44.8 Å². The van der Waals surface area contributed by atoms with Crippen molar-refractivity contribution in [2.75, 3.05) is 0 Å². The summed E-state index contributed by atoms with van der Waals surface area (Å²) in [5, 5.41) is 15.5. The van der Waals surface area contributed by atoms with Gasteiger partial charge in [-0.2, -0.15) is 0 Å². The molecule has 0 aliphatic rings. The summed E-state index contributed by atoms with van der Waals surface area (Å²) in [7, 11) is -6.01. The first-order chi connectivity index (χ1) is 43.7. The lowest BCUT2D eigenvalue weighted by Crippen LogP contribution is -2.74. The van der Waals surface area contributed by atoms with Gasteiger partial charge >= 0.3 is 0 Å². The van der Waals surface area contributed by atoms with Crippen molar-refractivity contribution in [3.05, 3.63) is 364 Å². The van der Waals surface area contributed by atoms with Gasteiger partial charge < -0.3 is 9.13 Å². The molecule has 414 valence electrons. The van der Waals surface area contributed by atoms with E-state index < -0.39 is 16.1 Å². The number of rotatable bonds is 13. The highest BCUT2D eigenvalue weighted by Crippen LogP contribution is 2.43. The van der Waals surface area contributed by atoms with Crippen LogP contribution in [0.4, 0.5) is 0 Å². The molecule has 0 atom stereocenters. The molecule has 88 heavy (non-hydrogen) atoms. The Morgan fingerprint density at radius 2 is 0.511 bits per heavy atom. The molecule has 0 aliphatic carbocycles. The van der Waals surface area contributed by atoms with E-state index in [0.717, 1.165) is 33.5 Å². The molecule has 0 unspecified atom stereocenters. The lowest BCUT2D eigenvalue weighted by molar-refractivity contribution is 1.17. The minimum Gasteiger partial charge on any atom is -0.309 e. The van der Waals surface area contributed by atoms with Gasteiger partial charge in [0.2, 0.25) is 0 Å². The highest BCUT2D eigenvalue weighted by Gasteiger charge is 2.44. The van der Waals surface area contributed by atoms with Gasteiger partial charge in [-0.05, 0) is 100 Å². The SMILES string of the molecule is c1ccc(-c2ccc([Si](c3ccccc3)(c3ccccc3)c3cc(-c4ccccc4)c(-n4c5ccccc5c5cc(-n6c7ccccc7c7ccc([Si](c8ccccc8)(c8ccccc8)c8ccccc8)cc76)ccc54)c(-c4ccccc4)c3)cc2)cc1. The van der Waals surface area contributed by atoms with Crippen LogP contribution in [-0.4, -0.2) is 25.3 Å². The maximum absolute atomic E-state index is 3.13. The second kappa shape index (κ2) is 22.2. The van der Waals surface area contributed by atoms with Crippen LogP contribution in [0.5, 0.6) is 0 Å². The van der Waals surface area contributed by atoms with Crippen molar-refractivity contribution in [3.63, 3.8) is 0 Å². The highest BCUT2D eigenvalue weighted by atomic mass is 28.3. The third-order valence-electron chi connectivity index (χ3n) is 18.4. The van der Waals surface area contributed by atoms with Crippen LogP contribution in [0, 0.1) is 0 Å². The van der Waals surface area contributed by atoms with Crippen molar-refractivity contribution in [2.24, 2.45) is 0 Å². The fourth-order valence-electron chi connectivity index (χ4n) is 14.6. The van der Waals surface area contributed by atoms with Crippen molar-refractivity contribution in [1.82, 2.24) is 9.13 Å². The van der Waals surface area contributed by atoms with Crippen LogP contribution in [0.1, 0.15) is 0 Å². The predicted molar refractivity (Wildman–Crippen MR) is 379 cm³/mol. The zero-order valence-corrected chi connectivity index (χ0v) is 50.5. The number of hydrogen-bond donors (Lipinski definition) is 0. The van der Waals surface area contributed by atoms with E-state index in [2.05, 4.69) is 373 Å². The molecule has 0 saturated carbocycles. The first-order valence-electron chi connectivity index (χ1n) is 30.5. The quantitative estimate of drug-likeness (QED) is 0.0804. The normalized spacial score (nSPS) is 11.9. The summed E-state index contributed by atoms with van der Waals surface area (Å²) in [6.45, 7) is 0. The van der Waals surface area contributed by atoms with Gasteiger partial charge in [0.1, 0.15) is 0 Å². The number of hydrogen-bond acceptors (Lipinski definition) is 0. The average molecular weight is 1150 g/mol. The summed E-state index contributed by atoms with van der Waals surface area (Å²) in [5.74, 6) is 0. The molecule has 2 aromatic heterocycles. The van der Waals surface area contributed by atoms with E-state index in [1.807, 2.05) is 0 Å². The van der Waals surface area contributed by atoms with Gasteiger partial charge in [0.25, 0.3) is 0 Å². The molecule has 16 rings (SSSR count). The van der Waals surface area contributed by atoms with E-state index in [1.165, 1.54) is 96.3 Å². The minimum atomic E-state index is -3.13. The van der Waals surface area contributed by atoms with E-state index in [0.29, 0.717) is 0 Å². The van der Waals surface area contributed by atoms with Crippen molar-refractivity contribution >= 4 is 101 Å². The molecule has 0 saturated heterocycles. The molecule has 2 nitrogen and oxygen atoms in total.